The van der Waals surface area contributed by atoms with Gasteiger partial charge in [0.05, 0.1) is 16.7 Å². The van der Waals surface area contributed by atoms with E-state index in [4.69, 9.17) is 4.52 Å². The molecule has 1 unspecified atom stereocenters. The molecule has 32 heavy (non-hydrogen) atoms. The van der Waals surface area contributed by atoms with Gasteiger partial charge in [-0.2, -0.15) is 8.78 Å². The number of anilines is 2. The number of alkyl halides is 2. The molecule has 0 saturated carbocycles. The van der Waals surface area contributed by atoms with E-state index >= 15 is 0 Å². The molecule has 0 radical (unpaired) electrons. The Morgan fingerprint density at radius 1 is 1.22 bits per heavy atom. The fourth-order valence-corrected chi connectivity index (χ4v) is 4.13. The third-order valence-electron chi connectivity index (χ3n) is 4.11. The Morgan fingerprint density at radius 3 is 2.56 bits per heavy atom. The molecule has 0 bridgehead atoms. The number of ether oxygens (including phenoxy) is 1. The summed E-state index contributed by atoms with van der Waals surface area (Å²) < 4.78 is 33.8. The van der Waals surface area contributed by atoms with Crippen LogP contribution in [0.1, 0.15) is 17.6 Å². The van der Waals surface area contributed by atoms with Crippen LogP contribution >= 0.6 is 23.1 Å². The van der Waals surface area contributed by atoms with E-state index in [9.17, 15) is 18.4 Å². The lowest BCUT2D eigenvalue weighted by atomic mass is 10.1. The molecule has 0 fully saturated rings. The molecule has 3 rings (SSSR count). The molecule has 12 heteroatoms. The van der Waals surface area contributed by atoms with E-state index in [2.05, 4.69) is 25.5 Å². The van der Waals surface area contributed by atoms with Crippen LogP contribution in [-0.4, -0.2) is 39.6 Å². The Balaban J connectivity index is 1.52. The maximum Gasteiger partial charge on any atom is 0.387 e. The molecule has 2 amide bonds. The summed E-state index contributed by atoms with van der Waals surface area (Å²) in [5.41, 5.74) is 1.35. The molecule has 2 N–H and O–H groups in total. The van der Waals surface area contributed by atoms with E-state index in [1.807, 2.05) is 6.92 Å². The van der Waals surface area contributed by atoms with E-state index in [-0.39, 0.29) is 23.3 Å². The average Bonchev–Trinajstić information content (AvgIpc) is 3.31. The normalized spacial score (nSPS) is 11.9. The van der Waals surface area contributed by atoms with Crippen molar-refractivity contribution in [1.82, 2.24) is 10.1 Å². The van der Waals surface area contributed by atoms with Gasteiger partial charge in [0, 0.05) is 16.5 Å². The van der Waals surface area contributed by atoms with Gasteiger partial charge >= 0.3 is 6.61 Å². The summed E-state index contributed by atoms with van der Waals surface area (Å²) in [4.78, 5) is 29.7. The predicted molar refractivity (Wildman–Crippen MR) is 119 cm³/mol. The van der Waals surface area contributed by atoms with Crippen LogP contribution in [0.15, 0.2) is 34.9 Å². The van der Waals surface area contributed by atoms with Crippen molar-refractivity contribution in [2.24, 2.45) is 0 Å². The number of aromatic nitrogens is 2. The Bertz CT molecular complexity index is 1090. The maximum atomic E-state index is 12.3. The summed E-state index contributed by atoms with van der Waals surface area (Å²) in [5, 5.41) is 8.97. The van der Waals surface area contributed by atoms with Crippen molar-refractivity contribution in [2.45, 2.75) is 32.6 Å². The van der Waals surface area contributed by atoms with E-state index < -0.39 is 11.9 Å². The van der Waals surface area contributed by atoms with E-state index in [0.29, 0.717) is 28.0 Å². The molecule has 1 atom stereocenters. The zero-order chi connectivity index (χ0) is 23.3. The van der Waals surface area contributed by atoms with Crippen LogP contribution in [0.3, 0.4) is 0 Å². The minimum absolute atomic E-state index is 0.0547. The van der Waals surface area contributed by atoms with Gasteiger partial charge in [-0.15, -0.1) is 23.1 Å². The Morgan fingerprint density at radius 2 is 1.94 bits per heavy atom. The molecule has 0 aliphatic heterocycles. The summed E-state index contributed by atoms with van der Waals surface area (Å²) in [7, 11) is 0. The second kappa shape index (κ2) is 10.6. The molecule has 2 heterocycles. The van der Waals surface area contributed by atoms with Crippen LogP contribution in [0.4, 0.5) is 19.7 Å². The van der Waals surface area contributed by atoms with Gasteiger partial charge in [0.25, 0.3) is 0 Å². The molecule has 170 valence electrons. The molecular formula is C20H20F2N4O4S2. The van der Waals surface area contributed by atoms with Gasteiger partial charge in [-0.25, -0.2) is 4.98 Å². The smallest absolute Gasteiger partial charge is 0.387 e. The van der Waals surface area contributed by atoms with Crippen molar-refractivity contribution in [2.75, 3.05) is 16.4 Å². The second-order valence-electron chi connectivity index (χ2n) is 6.64. The highest BCUT2D eigenvalue weighted by Crippen LogP contribution is 2.31. The zero-order valence-electron chi connectivity index (χ0n) is 17.3. The fourth-order valence-electron chi connectivity index (χ4n) is 2.60. The number of nitrogens with zero attached hydrogens (tertiary/aromatic N) is 2. The monoisotopic (exact) mass is 482 g/mol. The van der Waals surface area contributed by atoms with Crippen LogP contribution in [-0.2, 0) is 9.59 Å². The molecule has 0 aliphatic rings. The summed E-state index contributed by atoms with van der Waals surface area (Å²) >= 11 is 2.47. The number of rotatable bonds is 9. The summed E-state index contributed by atoms with van der Waals surface area (Å²) in [6.45, 7) is 2.36. The van der Waals surface area contributed by atoms with E-state index in [1.165, 1.54) is 35.2 Å². The SMILES string of the molecule is Cc1cc(NC(=O)C(C)SCC(=O)Nc2nc(-c3ccc(OC(F)F)cc3)c(C)s2)no1. The second-order valence-corrected chi connectivity index (χ2v) is 9.17. The molecule has 0 saturated heterocycles. The van der Waals surface area contributed by atoms with Crippen molar-refractivity contribution < 1.29 is 27.6 Å². The first-order chi connectivity index (χ1) is 15.2. The number of carbonyl (C=O) groups is 2. The van der Waals surface area contributed by atoms with Gasteiger partial charge in [-0.05, 0) is 45.0 Å². The van der Waals surface area contributed by atoms with Crippen LogP contribution in [0.2, 0.25) is 0 Å². The topological polar surface area (TPSA) is 106 Å². The number of hydrogen-bond acceptors (Lipinski definition) is 8. The maximum absolute atomic E-state index is 12.3. The highest BCUT2D eigenvalue weighted by molar-refractivity contribution is 8.01. The number of amides is 2. The number of hydrogen-bond donors (Lipinski definition) is 2. The largest absolute Gasteiger partial charge is 0.435 e. The van der Waals surface area contributed by atoms with Crippen molar-refractivity contribution in [3.8, 4) is 17.0 Å². The van der Waals surface area contributed by atoms with Crippen LogP contribution in [0, 0.1) is 13.8 Å². The van der Waals surface area contributed by atoms with E-state index in [0.717, 1.165) is 4.88 Å². The quantitative estimate of drug-likeness (QED) is 0.455. The number of thioether (sulfide) groups is 1. The standard InChI is InChI=1S/C20H20F2N4O4S2/c1-10-8-15(26-30-10)23-18(28)12(3)31-9-16(27)24-20-25-17(11(2)32-20)13-4-6-14(7-5-13)29-19(21)22/h4-8,12,19H,9H2,1-3H3,(H,23,26,28)(H,24,25,27). The molecule has 3 aromatic rings. The summed E-state index contributed by atoms with van der Waals surface area (Å²) in [6.07, 6.45) is 0. The number of thiazole rings is 1. The lowest BCUT2D eigenvalue weighted by molar-refractivity contribution is -0.115. The van der Waals surface area contributed by atoms with E-state index in [1.54, 1.807) is 32.0 Å². The third-order valence-corrected chi connectivity index (χ3v) is 6.14. The number of benzene rings is 1. The summed E-state index contributed by atoms with van der Waals surface area (Å²) in [6, 6.07) is 7.71. The molecular weight excluding hydrogens is 462 g/mol. The Kier molecular flexibility index (Phi) is 7.80. The minimum atomic E-state index is -2.89. The molecule has 8 nitrogen and oxygen atoms in total. The van der Waals surface area contributed by atoms with Gasteiger partial charge < -0.3 is 19.9 Å². The molecule has 1 aromatic carbocycles. The third kappa shape index (κ3) is 6.50. The lowest BCUT2D eigenvalue weighted by Crippen LogP contribution is -2.25. The van der Waals surface area contributed by atoms with Gasteiger partial charge in [0.2, 0.25) is 11.8 Å². The van der Waals surface area contributed by atoms with Gasteiger partial charge in [0.15, 0.2) is 10.9 Å². The van der Waals surface area contributed by atoms with Gasteiger partial charge in [-0.3, -0.25) is 9.59 Å². The minimum Gasteiger partial charge on any atom is -0.435 e. The first-order valence-corrected chi connectivity index (χ1v) is 11.3. The highest BCUT2D eigenvalue weighted by atomic mass is 32.2. The highest BCUT2D eigenvalue weighted by Gasteiger charge is 2.18. The number of aryl methyl sites for hydroxylation is 2. The first kappa shape index (κ1) is 23.7. The van der Waals surface area contributed by atoms with Crippen LogP contribution < -0.4 is 15.4 Å². The van der Waals surface area contributed by atoms with Crippen molar-refractivity contribution in [3.63, 3.8) is 0 Å². The van der Waals surface area contributed by atoms with Crippen molar-refractivity contribution in [3.05, 3.63) is 41.0 Å². The average molecular weight is 483 g/mol. The predicted octanol–water partition coefficient (Wildman–Crippen LogP) is 4.72. The number of halogens is 2. The lowest BCUT2D eigenvalue weighted by Gasteiger charge is -2.09. The van der Waals surface area contributed by atoms with Crippen LogP contribution in [0.25, 0.3) is 11.3 Å². The summed E-state index contributed by atoms with van der Waals surface area (Å²) in [5.74, 6) is 0.425. The number of nitrogens with one attached hydrogen (secondary N) is 2. The Labute approximate surface area is 190 Å². The van der Waals surface area contributed by atoms with Gasteiger partial charge in [0.1, 0.15) is 11.5 Å². The van der Waals surface area contributed by atoms with Crippen molar-refractivity contribution >= 4 is 45.9 Å². The first-order valence-electron chi connectivity index (χ1n) is 9.39. The molecule has 0 spiro atoms. The molecule has 0 aliphatic carbocycles. The van der Waals surface area contributed by atoms with Crippen molar-refractivity contribution in [1.29, 1.82) is 0 Å². The van der Waals surface area contributed by atoms with Crippen LogP contribution in [0.5, 0.6) is 5.75 Å². The zero-order valence-corrected chi connectivity index (χ0v) is 19.0. The molecule has 2 aromatic heterocycles. The van der Waals surface area contributed by atoms with Gasteiger partial charge in [-0.1, -0.05) is 5.16 Å². The Hall–Kier alpha value is -2.99. The number of carbonyl (C=O) groups excluding carboxylic acids is 2. The fraction of sp³-hybridized carbons (Fsp3) is 0.300.